The molecule has 1 aliphatic rings. The molecule has 21 heavy (non-hydrogen) atoms. The van der Waals surface area contributed by atoms with Crippen molar-refractivity contribution in [2.24, 2.45) is 0 Å². The Labute approximate surface area is 142 Å². The zero-order valence-electron chi connectivity index (χ0n) is 12.0. The third-order valence-electron chi connectivity index (χ3n) is 3.68. The number of hydrogen-bond donors (Lipinski definition) is 1. The molecule has 1 aromatic heterocycles. The van der Waals surface area contributed by atoms with Gasteiger partial charge in [0.2, 0.25) is 0 Å². The third kappa shape index (κ3) is 2.87. The summed E-state index contributed by atoms with van der Waals surface area (Å²) >= 11 is 11.8. The number of fused-ring (bicyclic) bond motifs is 1. The standard InChI is InChI=1S/C16H17BrClNOS/c1-3-19-14(16-13(18)9(2)8-21-16)12-7-11(17)6-10-4-5-20-15(10)12/h6-8,14,19H,3-5H2,1-2H3. The predicted octanol–water partition coefficient (Wildman–Crippen LogP) is 5.11. The molecule has 0 spiro atoms. The summed E-state index contributed by atoms with van der Waals surface area (Å²) in [5.74, 6) is 1.02. The number of halogens is 2. The SMILES string of the molecule is CCNC(c1cc(Br)cc2c1OCC2)c1scc(C)c1Cl. The van der Waals surface area contributed by atoms with E-state index in [1.807, 2.05) is 6.92 Å². The van der Waals surface area contributed by atoms with Crippen molar-refractivity contribution in [3.05, 3.63) is 48.6 Å². The fraction of sp³-hybridized carbons (Fsp3) is 0.375. The van der Waals surface area contributed by atoms with Crippen molar-refractivity contribution in [1.82, 2.24) is 5.32 Å². The average Bonchev–Trinajstić information content (AvgIpc) is 3.04. The summed E-state index contributed by atoms with van der Waals surface area (Å²) in [5.41, 5.74) is 3.57. The van der Waals surface area contributed by atoms with Crippen LogP contribution >= 0.6 is 38.9 Å². The molecule has 2 nitrogen and oxygen atoms in total. The van der Waals surface area contributed by atoms with Gasteiger partial charge < -0.3 is 10.1 Å². The highest BCUT2D eigenvalue weighted by molar-refractivity contribution is 9.10. The van der Waals surface area contributed by atoms with Crippen molar-refractivity contribution in [2.45, 2.75) is 26.3 Å². The summed E-state index contributed by atoms with van der Waals surface area (Å²) < 4.78 is 6.97. The molecule has 2 aromatic rings. The van der Waals surface area contributed by atoms with E-state index in [1.165, 1.54) is 11.1 Å². The fourth-order valence-corrected chi connectivity index (χ4v) is 4.62. The van der Waals surface area contributed by atoms with Crippen LogP contribution in [0.5, 0.6) is 5.75 Å². The highest BCUT2D eigenvalue weighted by Gasteiger charge is 2.26. The van der Waals surface area contributed by atoms with E-state index in [9.17, 15) is 0 Å². The summed E-state index contributed by atoms with van der Waals surface area (Å²) in [5, 5.41) is 6.52. The summed E-state index contributed by atoms with van der Waals surface area (Å²) in [6, 6.07) is 4.37. The normalized spacial score (nSPS) is 14.9. The van der Waals surface area contributed by atoms with Gasteiger partial charge in [-0.3, -0.25) is 0 Å². The van der Waals surface area contributed by atoms with Crippen LogP contribution in [0.1, 0.15) is 34.5 Å². The van der Waals surface area contributed by atoms with Gasteiger partial charge >= 0.3 is 0 Å². The molecule has 0 fully saturated rings. The van der Waals surface area contributed by atoms with Gasteiger partial charge in [0.05, 0.1) is 17.7 Å². The van der Waals surface area contributed by atoms with Crippen LogP contribution in [0.15, 0.2) is 22.0 Å². The monoisotopic (exact) mass is 385 g/mol. The minimum absolute atomic E-state index is 0.0746. The highest BCUT2D eigenvalue weighted by atomic mass is 79.9. The van der Waals surface area contributed by atoms with Crippen LogP contribution in [-0.4, -0.2) is 13.2 Å². The first-order valence-corrected chi connectivity index (χ1v) is 9.08. The minimum atomic E-state index is 0.0746. The number of hydrogen-bond acceptors (Lipinski definition) is 3. The van der Waals surface area contributed by atoms with Gasteiger partial charge in [0.15, 0.2) is 0 Å². The molecule has 0 amide bonds. The molecular formula is C16H17BrClNOS. The Balaban J connectivity index is 2.12. The van der Waals surface area contributed by atoms with E-state index in [-0.39, 0.29) is 6.04 Å². The van der Waals surface area contributed by atoms with Gasteiger partial charge in [0.25, 0.3) is 0 Å². The molecular weight excluding hydrogens is 370 g/mol. The second kappa shape index (κ2) is 6.29. The quantitative estimate of drug-likeness (QED) is 0.788. The van der Waals surface area contributed by atoms with E-state index in [1.54, 1.807) is 11.3 Å². The molecule has 3 rings (SSSR count). The Morgan fingerprint density at radius 3 is 2.95 bits per heavy atom. The minimum Gasteiger partial charge on any atom is -0.493 e. The number of aryl methyl sites for hydroxylation is 1. The number of nitrogens with one attached hydrogen (secondary N) is 1. The molecule has 1 N–H and O–H groups in total. The lowest BCUT2D eigenvalue weighted by Gasteiger charge is -2.21. The van der Waals surface area contributed by atoms with Crippen LogP contribution in [0.4, 0.5) is 0 Å². The maximum Gasteiger partial charge on any atom is 0.127 e. The Hall–Kier alpha value is -0.550. The molecule has 112 valence electrons. The first-order chi connectivity index (χ1) is 10.1. The Bertz CT molecular complexity index is 671. The number of rotatable bonds is 4. The fourth-order valence-electron chi connectivity index (χ4n) is 2.70. The van der Waals surface area contributed by atoms with E-state index in [2.05, 4.69) is 45.7 Å². The lowest BCUT2D eigenvalue weighted by Crippen LogP contribution is -2.22. The van der Waals surface area contributed by atoms with Crippen LogP contribution in [0.25, 0.3) is 0 Å². The van der Waals surface area contributed by atoms with Crippen molar-refractivity contribution in [3.63, 3.8) is 0 Å². The van der Waals surface area contributed by atoms with Gasteiger partial charge in [-0.2, -0.15) is 0 Å². The molecule has 1 aromatic carbocycles. The summed E-state index contributed by atoms with van der Waals surface area (Å²) in [6.07, 6.45) is 0.970. The smallest absolute Gasteiger partial charge is 0.127 e. The van der Waals surface area contributed by atoms with E-state index in [0.29, 0.717) is 0 Å². The molecule has 2 heterocycles. The number of ether oxygens (including phenoxy) is 1. The zero-order valence-corrected chi connectivity index (χ0v) is 15.2. The first-order valence-electron chi connectivity index (χ1n) is 7.03. The summed E-state index contributed by atoms with van der Waals surface area (Å²) in [7, 11) is 0. The predicted molar refractivity (Wildman–Crippen MR) is 92.9 cm³/mol. The van der Waals surface area contributed by atoms with Crippen LogP contribution in [-0.2, 0) is 6.42 Å². The van der Waals surface area contributed by atoms with Gasteiger partial charge in [-0.1, -0.05) is 34.5 Å². The molecule has 0 radical (unpaired) electrons. The summed E-state index contributed by atoms with van der Waals surface area (Å²) in [6.45, 7) is 5.79. The lowest BCUT2D eigenvalue weighted by molar-refractivity contribution is 0.350. The molecule has 5 heteroatoms. The van der Waals surface area contributed by atoms with Crippen LogP contribution in [0.2, 0.25) is 5.02 Å². The highest BCUT2D eigenvalue weighted by Crippen LogP contribution is 2.42. The van der Waals surface area contributed by atoms with Crippen LogP contribution in [0.3, 0.4) is 0 Å². The topological polar surface area (TPSA) is 21.3 Å². The van der Waals surface area contributed by atoms with E-state index in [4.69, 9.17) is 16.3 Å². The summed E-state index contributed by atoms with van der Waals surface area (Å²) in [4.78, 5) is 1.16. The van der Waals surface area contributed by atoms with Gasteiger partial charge in [-0.25, -0.2) is 0 Å². The molecule has 0 bridgehead atoms. The molecule has 0 saturated carbocycles. The van der Waals surface area contributed by atoms with Crippen molar-refractivity contribution in [2.75, 3.05) is 13.2 Å². The van der Waals surface area contributed by atoms with Gasteiger partial charge in [-0.05, 0) is 42.1 Å². The third-order valence-corrected chi connectivity index (χ3v) is 5.92. The molecule has 0 saturated heterocycles. The van der Waals surface area contributed by atoms with Crippen LogP contribution in [0, 0.1) is 6.92 Å². The van der Waals surface area contributed by atoms with Crippen molar-refractivity contribution in [3.8, 4) is 5.75 Å². The second-order valence-electron chi connectivity index (χ2n) is 5.17. The molecule has 0 aliphatic carbocycles. The Morgan fingerprint density at radius 2 is 2.29 bits per heavy atom. The number of thiophene rings is 1. The van der Waals surface area contributed by atoms with Crippen molar-refractivity contribution in [1.29, 1.82) is 0 Å². The molecule has 1 atom stereocenters. The van der Waals surface area contributed by atoms with Gasteiger partial charge in [0.1, 0.15) is 5.75 Å². The first kappa shape index (κ1) is 15.3. The maximum absolute atomic E-state index is 6.50. The van der Waals surface area contributed by atoms with Crippen molar-refractivity contribution < 1.29 is 4.74 Å². The molecule has 1 aliphatic heterocycles. The van der Waals surface area contributed by atoms with E-state index in [0.717, 1.165) is 45.3 Å². The van der Waals surface area contributed by atoms with Crippen molar-refractivity contribution >= 4 is 38.9 Å². The Kier molecular flexibility index (Phi) is 4.60. The lowest BCUT2D eigenvalue weighted by atomic mass is 10.00. The Morgan fingerprint density at radius 1 is 1.48 bits per heavy atom. The number of benzene rings is 1. The van der Waals surface area contributed by atoms with E-state index < -0.39 is 0 Å². The van der Waals surface area contributed by atoms with Gasteiger partial charge in [-0.15, -0.1) is 11.3 Å². The second-order valence-corrected chi connectivity index (χ2v) is 7.37. The average molecular weight is 387 g/mol. The van der Waals surface area contributed by atoms with Crippen LogP contribution < -0.4 is 10.1 Å². The molecule has 1 unspecified atom stereocenters. The van der Waals surface area contributed by atoms with Gasteiger partial charge in [0, 0.05) is 21.3 Å². The van der Waals surface area contributed by atoms with E-state index >= 15 is 0 Å². The maximum atomic E-state index is 6.50. The zero-order chi connectivity index (χ0) is 15.0. The largest absolute Gasteiger partial charge is 0.493 e.